The second kappa shape index (κ2) is 5.68. The maximum atomic E-state index is 12.5. The van der Waals surface area contributed by atoms with Crippen LogP contribution in [0.3, 0.4) is 0 Å². The van der Waals surface area contributed by atoms with Gasteiger partial charge in [-0.3, -0.25) is 4.79 Å². The molecule has 1 amide bonds. The number of rotatable bonds is 4. The van der Waals surface area contributed by atoms with E-state index in [1.165, 1.54) is 0 Å². The average molecular weight is 286 g/mol. The number of amides is 1. The number of halogens is 1. The summed E-state index contributed by atoms with van der Waals surface area (Å²) in [7, 11) is 0. The predicted molar refractivity (Wildman–Crippen MR) is 81.8 cm³/mol. The van der Waals surface area contributed by atoms with Crippen LogP contribution in [-0.4, -0.2) is 5.91 Å². The molecule has 2 aromatic rings. The van der Waals surface area contributed by atoms with Gasteiger partial charge in [0, 0.05) is 16.6 Å². The van der Waals surface area contributed by atoms with E-state index in [0.29, 0.717) is 11.6 Å². The first-order chi connectivity index (χ1) is 9.74. The van der Waals surface area contributed by atoms with Gasteiger partial charge in [-0.15, -0.1) is 0 Å². The second-order valence-electron chi connectivity index (χ2n) is 5.16. The maximum absolute atomic E-state index is 12.5. The van der Waals surface area contributed by atoms with Crippen molar-refractivity contribution < 1.29 is 4.79 Å². The van der Waals surface area contributed by atoms with E-state index in [-0.39, 0.29) is 11.8 Å². The van der Waals surface area contributed by atoms with Crippen LogP contribution in [-0.2, 0) is 11.3 Å². The van der Waals surface area contributed by atoms with Crippen molar-refractivity contribution in [3.63, 3.8) is 0 Å². The van der Waals surface area contributed by atoms with Crippen molar-refractivity contribution in [2.75, 3.05) is 4.90 Å². The zero-order chi connectivity index (χ0) is 13.9. The van der Waals surface area contributed by atoms with Gasteiger partial charge in [-0.25, -0.2) is 0 Å². The van der Waals surface area contributed by atoms with Crippen LogP contribution in [0.25, 0.3) is 0 Å². The molecular formula is C17H16ClNO. The number of carbonyl (C=O) groups excluding carboxylic acids is 1. The van der Waals surface area contributed by atoms with E-state index in [1.807, 2.05) is 59.5 Å². The Morgan fingerprint density at radius 2 is 1.85 bits per heavy atom. The summed E-state index contributed by atoms with van der Waals surface area (Å²) in [6, 6.07) is 17.5. The first kappa shape index (κ1) is 13.2. The number of hydrogen-bond acceptors (Lipinski definition) is 1. The molecule has 0 bridgehead atoms. The van der Waals surface area contributed by atoms with Crippen LogP contribution in [0.2, 0.25) is 5.02 Å². The lowest BCUT2D eigenvalue weighted by atomic mass is 10.1. The molecule has 1 fully saturated rings. The number of hydrogen-bond donors (Lipinski definition) is 0. The minimum atomic E-state index is 0.203. The van der Waals surface area contributed by atoms with E-state index in [1.54, 1.807) is 0 Å². The fourth-order valence-electron chi connectivity index (χ4n) is 2.27. The number of carbonyl (C=O) groups is 1. The summed E-state index contributed by atoms with van der Waals surface area (Å²) < 4.78 is 0. The van der Waals surface area contributed by atoms with Crippen LogP contribution in [0.4, 0.5) is 5.69 Å². The Bertz CT molecular complexity index is 607. The molecule has 2 nitrogen and oxygen atoms in total. The molecule has 102 valence electrons. The zero-order valence-corrected chi connectivity index (χ0v) is 11.9. The highest BCUT2D eigenvalue weighted by Gasteiger charge is 2.34. The highest BCUT2D eigenvalue weighted by atomic mass is 35.5. The minimum Gasteiger partial charge on any atom is -0.308 e. The molecule has 0 saturated heterocycles. The summed E-state index contributed by atoms with van der Waals surface area (Å²) in [6.45, 7) is 0.569. The third-order valence-electron chi connectivity index (χ3n) is 3.49. The lowest BCUT2D eigenvalue weighted by molar-refractivity contribution is -0.119. The van der Waals surface area contributed by atoms with Gasteiger partial charge >= 0.3 is 0 Å². The van der Waals surface area contributed by atoms with E-state index < -0.39 is 0 Å². The van der Waals surface area contributed by atoms with E-state index in [0.717, 1.165) is 24.1 Å². The molecule has 0 spiro atoms. The van der Waals surface area contributed by atoms with E-state index in [4.69, 9.17) is 11.6 Å². The summed E-state index contributed by atoms with van der Waals surface area (Å²) in [5, 5.41) is 0.703. The Labute approximate surface area is 124 Å². The molecule has 0 unspecified atom stereocenters. The Kier molecular flexibility index (Phi) is 3.75. The van der Waals surface area contributed by atoms with E-state index in [2.05, 4.69) is 0 Å². The molecule has 3 heteroatoms. The topological polar surface area (TPSA) is 20.3 Å². The van der Waals surface area contributed by atoms with Gasteiger partial charge in [-0.2, -0.15) is 0 Å². The van der Waals surface area contributed by atoms with Crippen molar-refractivity contribution in [3.05, 3.63) is 65.2 Å². The molecule has 20 heavy (non-hydrogen) atoms. The van der Waals surface area contributed by atoms with Crippen LogP contribution < -0.4 is 4.90 Å². The van der Waals surface area contributed by atoms with Gasteiger partial charge in [0.1, 0.15) is 0 Å². The fourth-order valence-corrected chi connectivity index (χ4v) is 2.49. The summed E-state index contributed by atoms with van der Waals surface area (Å²) in [5.41, 5.74) is 2.00. The highest BCUT2D eigenvalue weighted by Crippen LogP contribution is 2.33. The van der Waals surface area contributed by atoms with Gasteiger partial charge < -0.3 is 4.90 Å². The van der Waals surface area contributed by atoms with Crippen LogP contribution in [0, 0.1) is 5.92 Å². The molecule has 0 heterocycles. The third-order valence-corrected chi connectivity index (χ3v) is 3.73. The van der Waals surface area contributed by atoms with Crippen LogP contribution in [0.1, 0.15) is 18.4 Å². The van der Waals surface area contributed by atoms with E-state index >= 15 is 0 Å². The Hall–Kier alpha value is -1.80. The number of para-hydroxylation sites is 1. The SMILES string of the molecule is O=C(C1CC1)N(Cc1cccc(Cl)c1)c1ccccc1. The largest absolute Gasteiger partial charge is 0.308 e. The quantitative estimate of drug-likeness (QED) is 0.821. The highest BCUT2D eigenvalue weighted by molar-refractivity contribution is 6.30. The Morgan fingerprint density at radius 1 is 1.10 bits per heavy atom. The molecule has 0 atom stereocenters. The lowest BCUT2D eigenvalue weighted by Crippen LogP contribution is -2.31. The molecule has 0 aromatic heterocycles. The molecule has 3 rings (SSSR count). The lowest BCUT2D eigenvalue weighted by Gasteiger charge is -2.23. The van der Waals surface area contributed by atoms with E-state index in [9.17, 15) is 4.79 Å². The number of anilines is 1. The smallest absolute Gasteiger partial charge is 0.230 e. The fraction of sp³-hybridized carbons (Fsp3) is 0.235. The predicted octanol–water partition coefficient (Wildman–Crippen LogP) is 4.28. The normalized spacial score (nSPS) is 14.1. The van der Waals surface area contributed by atoms with Gasteiger partial charge in [-0.05, 0) is 42.7 Å². The third kappa shape index (κ3) is 3.02. The molecule has 1 aliphatic rings. The Morgan fingerprint density at radius 3 is 2.50 bits per heavy atom. The second-order valence-corrected chi connectivity index (χ2v) is 5.60. The van der Waals surface area contributed by atoms with Crippen molar-refractivity contribution in [2.24, 2.45) is 5.92 Å². The van der Waals surface area contributed by atoms with Crippen molar-refractivity contribution in [1.29, 1.82) is 0 Å². The zero-order valence-electron chi connectivity index (χ0n) is 11.1. The molecule has 1 saturated carbocycles. The molecule has 0 aliphatic heterocycles. The monoisotopic (exact) mass is 285 g/mol. The van der Waals surface area contributed by atoms with Gasteiger partial charge in [-0.1, -0.05) is 41.9 Å². The van der Waals surface area contributed by atoms with Gasteiger partial charge in [0.15, 0.2) is 0 Å². The first-order valence-electron chi connectivity index (χ1n) is 6.85. The summed E-state index contributed by atoms with van der Waals surface area (Å²) in [6.07, 6.45) is 2.02. The van der Waals surface area contributed by atoms with Crippen LogP contribution in [0.15, 0.2) is 54.6 Å². The standard InChI is InChI=1S/C17H16ClNO/c18-15-6-4-5-13(11-15)12-19(17(20)14-9-10-14)16-7-2-1-3-8-16/h1-8,11,14H,9-10,12H2. The van der Waals surface area contributed by atoms with Crippen LogP contribution >= 0.6 is 11.6 Å². The van der Waals surface area contributed by atoms with Crippen LogP contribution in [0.5, 0.6) is 0 Å². The van der Waals surface area contributed by atoms with Crippen molar-refractivity contribution in [2.45, 2.75) is 19.4 Å². The average Bonchev–Trinajstić information content (AvgIpc) is 3.30. The first-order valence-corrected chi connectivity index (χ1v) is 7.23. The molecule has 1 aliphatic carbocycles. The molecule has 0 radical (unpaired) electrons. The number of benzene rings is 2. The van der Waals surface area contributed by atoms with Gasteiger partial charge in [0.25, 0.3) is 0 Å². The maximum Gasteiger partial charge on any atom is 0.230 e. The molecule has 0 N–H and O–H groups in total. The van der Waals surface area contributed by atoms with Gasteiger partial charge in [0.2, 0.25) is 5.91 Å². The van der Waals surface area contributed by atoms with Crippen molar-refractivity contribution in [3.8, 4) is 0 Å². The van der Waals surface area contributed by atoms with Crippen molar-refractivity contribution in [1.82, 2.24) is 0 Å². The number of nitrogens with zero attached hydrogens (tertiary/aromatic N) is 1. The van der Waals surface area contributed by atoms with Gasteiger partial charge in [0.05, 0.1) is 6.54 Å². The molecule has 2 aromatic carbocycles. The summed E-state index contributed by atoms with van der Waals surface area (Å²) >= 11 is 6.03. The summed E-state index contributed by atoms with van der Waals surface area (Å²) in [5.74, 6) is 0.422. The minimum absolute atomic E-state index is 0.203. The summed E-state index contributed by atoms with van der Waals surface area (Å²) in [4.78, 5) is 14.4. The Balaban J connectivity index is 1.87. The molecular weight excluding hydrogens is 270 g/mol. The van der Waals surface area contributed by atoms with Crippen molar-refractivity contribution >= 4 is 23.2 Å².